The molecule has 6 nitrogen and oxygen atoms in total. The number of hydrogen-bond donors (Lipinski definition) is 1. The van der Waals surface area contributed by atoms with Crippen LogP contribution in [0.2, 0.25) is 0 Å². The van der Waals surface area contributed by atoms with Crippen LogP contribution in [-0.2, 0) is 13.0 Å². The number of halogens is 3. The minimum Gasteiger partial charge on any atom is -0.355 e. The third-order valence-corrected chi connectivity index (χ3v) is 7.57. The monoisotopic (exact) mass is 490 g/mol. The largest absolute Gasteiger partial charge is 0.393 e. The number of nitrogens with one attached hydrogen (secondary N) is 1. The molecule has 0 radical (unpaired) electrons. The maximum atomic E-state index is 12.9. The highest BCUT2D eigenvalue weighted by Crippen LogP contribution is 2.43. The molecule has 1 N–H and O–H groups in total. The second kappa shape index (κ2) is 8.49. The first-order valence-corrected chi connectivity index (χ1v) is 12.1. The van der Waals surface area contributed by atoms with Gasteiger partial charge in [0.2, 0.25) is 0 Å². The maximum absolute atomic E-state index is 12.9. The Bertz CT molecular complexity index is 1470. The average Bonchev–Trinajstić information content (AvgIpc) is 3.25. The Morgan fingerprint density at radius 2 is 1.78 bits per heavy atom. The lowest BCUT2D eigenvalue weighted by molar-refractivity contribution is -0.127. The van der Waals surface area contributed by atoms with Crippen molar-refractivity contribution >= 4 is 27.6 Å². The van der Waals surface area contributed by atoms with Gasteiger partial charge in [-0.15, -0.1) is 0 Å². The summed E-state index contributed by atoms with van der Waals surface area (Å²) in [5.74, 6) is 0.730. The molecule has 4 heterocycles. The normalized spacial score (nSPS) is 18.0. The van der Waals surface area contributed by atoms with Crippen molar-refractivity contribution in [3.05, 3.63) is 65.6 Å². The number of aromatic amines is 1. The van der Waals surface area contributed by atoms with Crippen LogP contribution in [0, 0.1) is 16.7 Å². The van der Waals surface area contributed by atoms with E-state index in [1.807, 2.05) is 6.07 Å². The second-order valence-electron chi connectivity index (χ2n) is 10.2. The number of nitrogens with zero attached hydrogens (tertiary/aromatic N) is 5. The summed E-state index contributed by atoms with van der Waals surface area (Å²) in [4.78, 5) is 16.5. The van der Waals surface area contributed by atoms with E-state index in [9.17, 15) is 13.2 Å². The number of alkyl halides is 3. The Labute approximate surface area is 206 Å². The van der Waals surface area contributed by atoms with Crippen LogP contribution in [-0.4, -0.2) is 52.2 Å². The standard InChI is InChI=1S/C27H25F3N6/c28-27(29,30)12-18-2-4-23-22(9-18)25(33-17-32-23)36-15-26(16-36)5-7-35(8-6-26)14-19-1-3-20-11-21(13-31)34-24(20)10-19/h1-4,9-11,17,34H,5-8,12,14-16H2. The van der Waals surface area contributed by atoms with E-state index in [0.717, 1.165) is 62.3 Å². The number of rotatable bonds is 4. The van der Waals surface area contributed by atoms with Gasteiger partial charge in [0, 0.05) is 41.3 Å². The molecule has 36 heavy (non-hydrogen) atoms. The van der Waals surface area contributed by atoms with Gasteiger partial charge in [-0.3, -0.25) is 4.90 Å². The van der Waals surface area contributed by atoms with Crippen LogP contribution >= 0.6 is 0 Å². The molecule has 1 spiro atoms. The van der Waals surface area contributed by atoms with E-state index in [1.54, 1.807) is 12.1 Å². The van der Waals surface area contributed by atoms with Gasteiger partial charge in [-0.25, -0.2) is 9.97 Å². The Morgan fingerprint density at radius 1 is 1.00 bits per heavy atom. The zero-order valence-electron chi connectivity index (χ0n) is 19.6. The van der Waals surface area contributed by atoms with Gasteiger partial charge >= 0.3 is 6.18 Å². The van der Waals surface area contributed by atoms with Crippen molar-refractivity contribution in [1.82, 2.24) is 19.9 Å². The van der Waals surface area contributed by atoms with Crippen LogP contribution in [0.15, 0.2) is 48.8 Å². The van der Waals surface area contributed by atoms with Gasteiger partial charge in [-0.05, 0) is 61.3 Å². The van der Waals surface area contributed by atoms with Gasteiger partial charge in [0.25, 0.3) is 0 Å². The number of aromatic nitrogens is 3. The van der Waals surface area contributed by atoms with Gasteiger partial charge in [0.05, 0.1) is 11.9 Å². The van der Waals surface area contributed by atoms with E-state index < -0.39 is 12.6 Å². The molecule has 184 valence electrons. The van der Waals surface area contributed by atoms with Crippen LogP contribution in [0.3, 0.4) is 0 Å². The van der Waals surface area contributed by atoms with Crippen molar-refractivity contribution in [3.8, 4) is 6.07 Å². The van der Waals surface area contributed by atoms with Crippen LogP contribution in [0.5, 0.6) is 0 Å². The molecule has 2 aromatic heterocycles. The first-order valence-electron chi connectivity index (χ1n) is 12.1. The molecular formula is C27H25F3N6. The van der Waals surface area contributed by atoms with Crippen molar-refractivity contribution in [2.24, 2.45) is 5.41 Å². The lowest BCUT2D eigenvalue weighted by atomic mass is 9.72. The molecule has 4 aromatic rings. The third kappa shape index (κ3) is 4.37. The van der Waals surface area contributed by atoms with Gasteiger partial charge < -0.3 is 9.88 Å². The van der Waals surface area contributed by atoms with Gasteiger partial charge in [0.1, 0.15) is 23.9 Å². The van der Waals surface area contributed by atoms with Crippen molar-refractivity contribution in [3.63, 3.8) is 0 Å². The summed E-state index contributed by atoms with van der Waals surface area (Å²) < 4.78 is 38.7. The smallest absolute Gasteiger partial charge is 0.355 e. The molecular weight excluding hydrogens is 465 g/mol. The molecule has 0 amide bonds. The molecule has 6 rings (SSSR count). The summed E-state index contributed by atoms with van der Waals surface area (Å²) in [6.45, 7) is 4.60. The summed E-state index contributed by atoms with van der Waals surface area (Å²) in [6.07, 6.45) is -1.54. The van der Waals surface area contributed by atoms with Gasteiger partial charge in [-0.2, -0.15) is 18.4 Å². The molecule has 2 fully saturated rings. The maximum Gasteiger partial charge on any atom is 0.393 e. The van der Waals surface area contributed by atoms with E-state index in [1.165, 1.54) is 18.0 Å². The molecule has 0 bridgehead atoms. The van der Waals surface area contributed by atoms with Crippen molar-refractivity contribution in [2.45, 2.75) is 32.0 Å². The van der Waals surface area contributed by atoms with Crippen LogP contribution in [0.1, 0.15) is 29.7 Å². The SMILES string of the molecule is N#Cc1cc2ccc(CN3CCC4(CC3)CN(c3ncnc5ccc(CC(F)(F)F)cc35)C4)cc2[nH]1. The number of hydrogen-bond acceptors (Lipinski definition) is 5. The summed E-state index contributed by atoms with van der Waals surface area (Å²) in [7, 11) is 0. The van der Waals surface area contributed by atoms with E-state index in [4.69, 9.17) is 5.26 Å². The summed E-state index contributed by atoms with van der Waals surface area (Å²) in [6, 6.07) is 15.1. The topological polar surface area (TPSA) is 71.8 Å². The summed E-state index contributed by atoms with van der Waals surface area (Å²) >= 11 is 0. The Balaban J connectivity index is 1.10. The van der Waals surface area contributed by atoms with E-state index >= 15 is 0 Å². The first-order chi connectivity index (χ1) is 17.3. The number of likely N-dealkylation sites (tertiary alicyclic amines) is 1. The number of nitriles is 1. The number of fused-ring (bicyclic) bond motifs is 2. The fraction of sp³-hybridized carbons (Fsp3) is 0.370. The first kappa shape index (κ1) is 22.8. The second-order valence-corrected chi connectivity index (χ2v) is 10.2. The molecule has 2 aromatic carbocycles. The summed E-state index contributed by atoms with van der Waals surface area (Å²) in [5, 5.41) is 10.8. The zero-order chi connectivity index (χ0) is 24.9. The highest BCUT2D eigenvalue weighted by Gasteiger charge is 2.45. The Hall–Kier alpha value is -3.64. The highest BCUT2D eigenvalue weighted by molar-refractivity contribution is 5.90. The lowest BCUT2D eigenvalue weighted by Gasteiger charge is -2.54. The molecule has 0 atom stereocenters. The Kier molecular flexibility index (Phi) is 5.38. The number of benzene rings is 2. The quantitative estimate of drug-likeness (QED) is 0.426. The van der Waals surface area contributed by atoms with Crippen molar-refractivity contribution in [1.29, 1.82) is 5.26 Å². The van der Waals surface area contributed by atoms with Crippen molar-refractivity contribution < 1.29 is 13.2 Å². The van der Waals surface area contributed by atoms with Crippen LogP contribution < -0.4 is 4.90 Å². The fourth-order valence-electron chi connectivity index (χ4n) is 5.69. The zero-order valence-corrected chi connectivity index (χ0v) is 19.6. The minimum atomic E-state index is -4.25. The highest BCUT2D eigenvalue weighted by atomic mass is 19.4. The molecule has 2 aliphatic heterocycles. The lowest BCUT2D eigenvalue weighted by Crippen LogP contribution is -2.60. The minimum absolute atomic E-state index is 0.225. The number of anilines is 1. The number of H-pyrrole nitrogens is 1. The molecule has 2 saturated heterocycles. The molecule has 0 unspecified atom stereocenters. The molecule has 9 heteroatoms. The molecule has 2 aliphatic rings. The van der Waals surface area contributed by atoms with Gasteiger partial charge in [-0.1, -0.05) is 18.2 Å². The van der Waals surface area contributed by atoms with E-state index in [0.29, 0.717) is 16.6 Å². The fourth-order valence-corrected chi connectivity index (χ4v) is 5.69. The third-order valence-electron chi connectivity index (χ3n) is 7.57. The van der Waals surface area contributed by atoms with Crippen LogP contribution in [0.4, 0.5) is 19.0 Å². The number of piperidine rings is 1. The van der Waals surface area contributed by atoms with E-state index in [-0.39, 0.29) is 11.0 Å². The Morgan fingerprint density at radius 3 is 2.53 bits per heavy atom. The predicted molar refractivity (Wildman–Crippen MR) is 131 cm³/mol. The van der Waals surface area contributed by atoms with Crippen LogP contribution in [0.25, 0.3) is 21.8 Å². The predicted octanol–water partition coefficient (Wildman–Crippen LogP) is 5.19. The van der Waals surface area contributed by atoms with Gasteiger partial charge in [0.15, 0.2) is 0 Å². The average molecular weight is 491 g/mol. The molecule has 0 aliphatic carbocycles. The van der Waals surface area contributed by atoms with Crippen molar-refractivity contribution in [2.75, 3.05) is 31.1 Å². The molecule has 0 saturated carbocycles. The summed E-state index contributed by atoms with van der Waals surface area (Å²) in [5.41, 5.74) is 3.91. The van der Waals surface area contributed by atoms with E-state index in [2.05, 4.69) is 49.0 Å².